The van der Waals surface area contributed by atoms with Crippen LogP contribution in [0, 0.1) is 0 Å². The standard InChI is InChI=1S/C10H8ClNO/c11-8-4-3-5-9(13)10(8)12-6-1-2-7-12/h1-7,13H. The van der Waals surface area contributed by atoms with Crippen LogP contribution in [0.25, 0.3) is 5.69 Å². The van der Waals surface area contributed by atoms with E-state index < -0.39 is 0 Å². The predicted octanol–water partition coefficient (Wildman–Crippen LogP) is 2.84. The number of nitrogens with zero attached hydrogens (tertiary/aromatic N) is 1. The molecule has 0 fully saturated rings. The third-order valence-electron chi connectivity index (χ3n) is 1.83. The van der Waals surface area contributed by atoms with Crippen molar-refractivity contribution in [3.8, 4) is 11.4 Å². The van der Waals surface area contributed by atoms with E-state index in [4.69, 9.17) is 11.6 Å². The number of phenols is 1. The Morgan fingerprint density at radius 3 is 2.38 bits per heavy atom. The minimum Gasteiger partial charge on any atom is -0.506 e. The van der Waals surface area contributed by atoms with E-state index in [9.17, 15) is 5.11 Å². The molecule has 66 valence electrons. The fraction of sp³-hybridized carbons (Fsp3) is 0. The summed E-state index contributed by atoms with van der Waals surface area (Å²) in [6.45, 7) is 0. The molecule has 1 N–H and O–H groups in total. The minimum absolute atomic E-state index is 0.184. The number of phenolic OH excluding ortho intramolecular Hbond substituents is 1. The lowest BCUT2D eigenvalue weighted by Gasteiger charge is -2.07. The molecule has 0 bridgehead atoms. The van der Waals surface area contributed by atoms with E-state index in [2.05, 4.69) is 0 Å². The highest BCUT2D eigenvalue weighted by atomic mass is 35.5. The minimum atomic E-state index is 0.184. The SMILES string of the molecule is Oc1cccc(Cl)c1-n1cccc1. The van der Waals surface area contributed by atoms with Gasteiger partial charge < -0.3 is 9.67 Å². The van der Waals surface area contributed by atoms with Gasteiger partial charge in [-0.3, -0.25) is 0 Å². The molecule has 3 heteroatoms. The third kappa shape index (κ3) is 1.40. The van der Waals surface area contributed by atoms with Crippen molar-refractivity contribution in [2.45, 2.75) is 0 Å². The van der Waals surface area contributed by atoms with Crippen LogP contribution < -0.4 is 0 Å². The maximum Gasteiger partial charge on any atom is 0.141 e. The molecule has 2 rings (SSSR count). The number of hydrogen-bond acceptors (Lipinski definition) is 1. The van der Waals surface area contributed by atoms with Crippen molar-refractivity contribution in [3.63, 3.8) is 0 Å². The lowest BCUT2D eigenvalue weighted by molar-refractivity contribution is 0.472. The molecule has 2 aromatic rings. The molecule has 0 aliphatic heterocycles. The van der Waals surface area contributed by atoms with Crippen molar-refractivity contribution in [3.05, 3.63) is 47.7 Å². The van der Waals surface area contributed by atoms with Crippen LogP contribution in [0.1, 0.15) is 0 Å². The average molecular weight is 194 g/mol. The summed E-state index contributed by atoms with van der Waals surface area (Å²) in [5.74, 6) is 0.184. The van der Waals surface area contributed by atoms with Gasteiger partial charge in [-0.15, -0.1) is 0 Å². The number of rotatable bonds is 1. The van der Waals surface area contributed by atoms with Crippen molar-refractivity contribution in [1.82, 2.24) is 4.57 Å². The molecule has 0 aliphatic carbocycles. The highest BCUT2D eigenvalue weighted by Crippen LogP contribution is 2.28. The Morgan fingerprint density at radius 1 is 1.08 bits per heavy atom. The number of para-hydroxylation sites is 1. The second-order valence-corrected chi connectivity index (χ2v) is 3.11. The van der Waals surface area contributed by atoms with Gasteiger partial charge in [-0.1, -0.05) is 17.7 Å². The zero-order valence-corrected chi connectivity index (χ0v) is 7.57. The quantitative estimate of drug-likeness (QED) is 0.740. The fourth-order valence-electron chi connectivity index (χ4n) is 1.24. The highest BCUT2D eigenvalue weighted by molar-refractivity contribution is 6.32. The Balaban J connectivity index is 2.64. The zero-order chi connectivity index (χ0) is 9.26. The molecule has 0 atom stereocenters. The Labute approximate surface area is 81.0 Å². The van der Waals surface area contributed by atoms with Crippen molar-refractivity contribution in [2.75, 3.05) is 0 Å². The molecule has 0 spiro atoms. The number of hydrogen-bond donors (Lipinski definition) is 1. The van der Waals surface area contributed by atoms with Crippen molar-refractivity contribution >= 4 is 11.6 Å². The Kier molecular flexibility index (Phi) is 1.99. The molecule has 2 nitrogen and oxygen atoms in total. The van der Waals surface area contributed by atoms with E-state index >= 15 is 0 Å². The van der Waals surface area contributed by atoms with Gasteiger partial charge in [0.05, 0.1) is 5.02 Å². The van der Waals surface area contributed by atoms with E-state index in [1.54, 1.807) is 22.8 Å². The third-order valence-corrected chi connectivity index (χ3v) is 2.13. The molecule has 1 aromatic carbocycles. The van der Waals surface area contributed by atoms with E-state index in [1.165, 1.54) is 0 Å². The lowest BCUT2D eigenvalue weighted by atomic mass is 10.3. The van der Waals surface area contributed by atoms with Gasteiger partial charge in [0.25, 0.3) is 0 Å². The molecular weight excluding hydrogens is 186 g/mol. The molecule has 0 aliphatic rings. The van der Waals surface area contributed by atoms with Crippen molar-refractivity contribution in [1.29, 1.82) is 0 Å². The van der Waals surface area contributed by atoms with Crippen LogP contribution in [0.15, 0.2) is 42.7 Å². The van der Waals surface area contributed by atoms with Crippen molar-refractivity contribution in [2.24, 2.45) is 0 Å². The second-order valence-electron chi connectivity index (χ2n) is 2.70. The molecule has 1 heterocycles. The zero-order valence-electron chi connectivity index (χ0n) is 6.81. The van der Waals surface area contributed by atoms with Gasteiger partial charge >= 0.3 is 0 Å². The smallest absolute Gasteiger partial charge is 0.141 e. The van der Waals surface area contributed by atoms with Crippen LogP contribution in [-0.4, -0.2) is 9.67 Å². The number of aromatic nitrogens is 1. The summed E-state index contributed by atoms with van der Waals surface area (Å²) in [5, 5.41) is 10.1. The monoisotopic (exact) mass is 193 g/mol. The molecule has 0 amide bonds. The van der Waals surface area contributed by atoms with Gasteiger partial charge in [-0.25, -0.2) is 0 Å². The van der Waals surface area contributed by atoms with Gasteiger partial charge in [0, 0.05) is 12.4 Å². The lowest BCUT2D eigenvalue weighted by Crippen LogP contribution is -1.90. The second kappa shape index (κ2) is 3.15. The molecule has 0 unspecified atom stereocenters. The summed E-state index contributed by atoms with van der Waals surface area (Å²) in [7, 11) is 0. The summed E-state index contributed by atoms with van der Waals surface area (Å²) in [6, 6.07) is 8.83. The predicted molar refractivity (Wildman–Crippen MR) is 52.4 cm³/mol. The van der Waals surface area contributed by atoms with E-state index in [1.807, 2.05) is 24.5 Å². The summed E-state index contributed by atoms with van der Waals surface area (Å²) in [4.78, 5) is 0. The molecule has 13 heavy (non-hydrogen) atoms. The van der Waals surface area contributed by atoms with E-state index in [0.717, 1.165) is 0 Å². The summed E-state index contributed by atoms with van der Waals surface area (Å²) >= 11 is 5.94. The first kappa shape index (κ1) is 8.20. The summed E-state index contributed by atoms with van der Waals surface area (Å²) in [6.07, 6.45) is 3.67. The Bertz CT molecular complexity index is 389. The maximum absolute atomic E-state index is 9.56. The van der Waals surface area contributed by atoms with Crippen LogP contribution in [-0.2, 0) is 0 Å². The summed E-state index contributed by atoms with van der Waals surface area (Å²) in [5.41, 5.74) is 0.620. The highest BCUT2D eigenvalue weighted by Gasteiger charge is 2.05. The largest absolute Gasteiger partial charge is 0.506 e. The van der Waals surface area contributed by atoms with Gasteiger partial charge in [-0.2, -0.15) is 0 Å². The maximum atomic E-state index is 9.56. The fourth-order valence-corrected chi connectivity index (χ4v) is 1.51. The van der Waals surface area contributed by atoms with E-state index in [-0.39, 0.29) is 5.75 Å². The first-order valence-corrected chi connectivity index (χ1v) is 4.27. The van der Waals surface area contributed by atoms with Crippen LogP contribution in [0.5, 0.6) is 5.75 Å². The number of halogens is 1. The normalized spacial score (nSPS) is 10.2. The van der Waals surface area contributed by atoms with Crippen LogP contribution in [0.4, 0.5) is 0 Å². The number of aromatic hydroxyl groups is 1. The van der Waals surface area contributed by atoms with Crippen molar-refractivity contribution < 1.29 is 5.11 Å². The topological polar surface area (TPSA) is 25.2 Å². The van der Waals surface area contributed by atoms with Gasteiger partial charge in [0.2, 0.25) is 0 Å². The Morgan fingerprint density at radius 2 is 1.77 bits per heavy atom. The number of benzene rings is 1. The average Bonchev–Trinajstić information content (AvgIpc) is 2.57. The molecule has 0 saturated heterocycles. The Hall–Kier alpha value is -1.41. The van der Waals surface area contributed by atoms with Crippen LogP contribution in [0.3, 0.4) is 0 Å². The van der Waals surface area contributed by atoms with E-state index in [0.29, 0.717) is 10.7 Å². The molecule has 0 saturated carbocycles. The molecule has 0 radical (unpaired) electrons. The van der Waals surface area contributed by atoms with Crippen LogP contribution in [0.2, 0.25) is 5.02 Å². The first-order chi connectivity index (χ1) is 6.29. The van der Waals surface area contributed by atoms with Gasteiger partial charge in [0.1, 0.15) is 11.4 Å². The summed E-state index contributed by atoms with van der Waals surface area (Å²) < 4.78 is 1.78. The molecular formula is C10H8ClNO. The molecule has 1 aromatic heterocycles. The van der Waals surface area contributed by atoms with Gasteiger partial charge in [0.15, 0.2) is 0 Å². The first-order valence-electron chi connectivity index (χ1n) is 3.90. The van der Waals surface area contributed by atoms with Crippen LogP contribution >= 0.6 is 11.6 Å². The van der Waals surface area contributed by atoms with Gasteiger partial charge in [-0.05, 0) is 24.3 Å².